The maximum Gasteiger partial charge on any atom is 0.326 e. The van der Waals surface area contributed by atoms with Gasteiger partial charge in [0.1, 0.15) is 164 Å². The van der Waals surface area contributed by atoms with Crippen molar-refractivity contribution in [1.82, 2.24) is 79.8 Å². The predicted octanol–water partition coefficient (Wildman–Crippen LogP) is -17.1. The van der Waals surface area contributed by atoms with Gasteiger partial charge in [-0.25, -0.2) is 4.79 Å². The topological polar surface area (TPSA) is 943 Å². The smallest absolute Gasteiger partial charge is 0.326 e. The van der Waals surface area contributed by atoms with Crippen LogP contribution in [-0.2, 0) is 134 Å². The SMILES string of the molecule is CC(=O)NC1C(OC2C(CO)OC(O)C(NC(C)=O)C2OC(C)C(=O)NC(C)C(=O)NC(CCC(=O)NC(CCCCNC(=O)CC(N)C(N)=O)C(=O)NC(C)C(=O)NC(CC(=O)NCCCCC(NC(=O)CCC(NC(=O)C(C)NC(=O)C(C)OC2C(NC(C)=O)C(O)OC(CO)C2OC2OC(CO)C(O)C(O)C2NC(C)=O)C(=O)O)C(=O)NC(C)C(=O)O)C(N)=O)C(N)=O)OC(CO)C(O)C1O. The summed E-state index contributed by atoms with van der Waals surface area (Å²) >= 11 is 0. The summed E-state index contributed by atoms with van der Waals surface area (Å²) in [5.41, 5.74) is 21.9. The summed E-state index contributed by atoms with van der Waals surface area (Å²) < 4.78 is 46.6. The van der Waals surface area contributed by atoms with Crippen LogP contribution < -0.4 is 103 Å². The Labute approximate surface area is 794 Å². The number of aliphatic hydroxyl groups excluding tert-OH is 10. The molecule has 4 saturated heterocycles. The molecular weight excluding hydrogens is 1870 g/mol. The van der Waals surface area contributed by atoms with Gasteiger partial charge in [0.2, 0.25) is 106 Å². The van der Waals surface area contributed by atoms with Crippen molar-refractivity contribution in [1.29, 1.82) is 0 Å². The summed E-state index contributed by atoms with van der Waals surface area (Å²) in [7, 11) is 0. The van der Waals surface area contributed by atoms with Gasteiger partial charge < -0.3 is 202 Å². The van der Waals surface area contributed by atoms with Crippen molar-refractivity contribution >= 4 is 118 Å². The van der Waals surface area contributed by atoms with E-state index in [1.807, 2.05) is 0 Å². The minimum atomic E-state index is -1.98. The van der Waals surface area contributed by atoms with Crippen LogP contribution in [-0.4, -0.2) is 414 Å². The Hall–Kier alpha value is -11.4. The molecular formula is C80H133N19O40. The Morgan fingerprint density at radius 1 is 0.331 bits per heavy atom. The summed E-state index contributed by atoms with van der Waals surface area (Å²) in [6, 6.07) is -22.4. The summed E-state index contributed by atoms with van der Waals surface area (Å²) in [6.45, 7) is 6.93. The first-order valence-electron chi connectivity index (χ1n) is 44.3. The van der Waals surface area contributed by atoms with Gasteiger partial charge in [0.15, 0.2) is 25.2 Å². The molecule has 59 heteroatoms. The van der Waals surface area contributed by atoms with E-state index in [1.165, 1.54) is 0 Å². The second kappa shape index (κ2) is 58.0. The molecule has 4 aliphatic heterocycles. The highest BCUT2D eigenvalue weighted by Crippen LogP contribution is 2.34. The third kappa shape index (κ3) is 38.3. The van der Waals surface area contributed by atoms with Crippen LogP contribution in [0.2, 0.25) is 0 Å². The van der Waals surface area contributed by atoms with Crippen molar-refractivity contribution in [2.75, 3.05) is 39.5 Å². The number of carbonyl (C=O) groups excluding carboxylic acids is 18. The van der Waals surface area contributed by atoms with Crippen LogP contribution in [0.3, 0.4) is 0 Å². The Balaban J connectivity index is 1.38. The van der Waals surface area contributed by atoms with Crippen LogP contribution in [0.1, 0.15) is 146 Å². The molecule has 32 unspecified atom stereocenters. The largest absolute Gasteiger partial charge is 0.480 e. The van der Waals surface area contributed by atoms with Gasteiger partial charge in [-0.3, -0.25) is 91.1 Å². The van der Waals surface area contributed by atoms with E-state index in [2.05, 4.69) is 79.8 Å². The summed E-state index contributed by atoms with van der Waals surface area (Å²) in [5, 5.41) is 161. The zero-order valence-corrected chi connectivity index (χ0v) is 77.8. The van der Waals surface area contributed by atoms with Crippen LogP contribution in [0, 0.1) is 0 Å². The first-order valence-corrected chi connectivity index (χ1v) is 44.3. The maximum atomic E-state index is 14.0. The zero-order valence-electron chi connectivity index (χ0n) is 77.8. The van der Waals surface area contributed by atoms with E-state index < -0.39 is 378 Å². The van der Waals surface area contributed by atoms with Crippen LogP contribution >= 0.6 is 0 Å². The van der Waals surface area contributed by atoms with Crippen molar-refractivity contribution in [2.45, 2.75) is 341 Å². The Bertz CT molecular complexity index is 4230. The standard InChI is InChI=1S/C80H133N19O40/c1-29(87-71(122)33(5)132-63-55(93-37(9)106)77(130)134-47(27-102)61(63)138-79-53(91-35(7)104)59(114)57(112)45(25-100)136-79)68(119)97-40(66(83)117)17-19-49(108)95-41(15-11-13-21-85-51(110)23-39(81)65(82)116)73(124)89-31(3)70(121)99-44(67(84)118)24-52(111)86-22-14-12-16-42(74(125)90-32(4)75(126)127)96-50(109)20-18-43(76(128)129)98-69(120)30(2)88-72(123)34(6)133-64-56(94-38(10)107)78(131)135-48(28-103)62(64)139-80-54(92-36(8)105)60(115)58(113)46(26-101)137-80/h29-34,39-48,53-64,77-80,100-103,112-115,130-131H,11-28,81H2,1-10H3,(H2,82,116)(H2,83,117)(H2,84,118)(H,85,110)(H,86,111)(H,87,122)(H,88,123)(H,89,124)(H,90,125)(H,91,104)(H,92,105)(H,93,106)(H,94,107)(H,95,108)(H,96,109)(H,97,119)(H,98,120)(H,99,121)(H,126,127)(H,128,129). The number of ether oxygens (including phenoxy) is 8. The second-order valence-corrected chi connectivity index (χ2v) is 33.5. The van der Waals surface area contributed by atoms with Crippen LogP contribution in [0.15, 0.2) is 0 Å². The molecule has 0 radical (unpaired) electrons. The van der Waals surface area contributed by atoms with Gasteiger partial charge >= 0.3 is 11.9 Å². The number of rotatable bonds is 57. The first-order chi connectivity index (χ1) is 65.1. The van der Waals surface area contributed by atoms with Crippen molar-refractivity contribution in [3.05, 3.63) is 0 Å². The number of primary amides is 3. The van der Waals surface area contributed by atoms with Gasteiger partial charge in [0.25, 0.3) is 0 Å². The molecule has 0 aliphatic carbocycles. The van der Waals surface area contributed by atoms with Crippen molar-refractivity contribution < 1.29 is 195 Å². The second-order valence-electron chi connectivity index (χ2n) is 33.5. The number of hydrogen-bond acceptors (Lipinski definition) is 39. The number of carboxylic acid groups (broad SMARTS) is 2. The molecule has 4 fully saturated rings. The van der Waals surface area contributed by atoms with Crippen molar-refractivity contribution in [3.8, 4) is 0 Å². The molecule has 0 spiro atoms. The number of amides is 18. The molecule has 4 heterocycles. The Morgan fingerprint density at radius 2 is 0.662 bits per heavy atom. The molecule has 0 aromatic heterocycles. The van der Waals surface area contributed by atoms with E-state index in [4.69, 9.17) is 60.8 Å². The van der Waals surface area contributed by atoms with Gasteiger partial charge in [-0.05, 0) is 92.9 Å². The number of carbonyl (C=O) groups is 20. The average Bonchev–Trinajstić information content (AvgIpc) is 0.782. The number of nitrogens with two attached hydrogens (primary N) is 4. The highest BCUT2D eigenvalue weighted by atomic mass is 16.7. The van der Waals surface area contributed by atoms with Crippen LogP contribution in [0.5, 0.6) is 0 Å². The fourth-order valence-electron chi connectivity index (χ4n) is 14.5. The van der Waals surface area contributed by atoms with E-state index in [0.29, 0.717) is 0 Å². The Kier molecular flexibility index (Phi) is 50.1. The molecule has 35 N–H and O–H groups in total. The average molecular weight is 2000 g/mol. The molecule has 59 nitrogen and oxygen atoms in total. The minimum absolute atomic E-state index is 0.00716. The quantitative estimate of drug-likeness (QED) is 0.0251. The van der Waals surface area contributed by atoms with Crippen molar-refractivity contribution in [2.24, 2.45) is 22.9 Å². The summed E-state index contributed by atoms with van der Waals surface area (Å²) in [4.78, 5) is 260. The molecule has 0 aromatic carbocycles. The maximum absolute atomic E-state index is 14.0. The first kappa shape index (κ1) is 120. The normalized spacial score (nSPS) is 27.1. The van der Waals surface area contributed by atoms with Gasteiger partial charge in [-0.15, -0.1) is 0 Å². The molecule has 32 atom stereocenters. The molecule has 0 aromatic rings. The monoisotopic (exact) mass is 2000 g/mol. The summed E-state index contributed by atoms with van der Waals surface area (Å²) in [6.07, 6.45) is -35.7. The number of aliphatic carboxylic acids is 2. The lowest BCUT2D eigenvalue weighted by Gasteiger charge is -2.48. The van der Waals surface area contributed by atoms with Gasteiger partial charge in [-0.2, -0.15) is 0 Å². The molecule has 4 aliphatic rings. The zero-order chi connectivity index (χ0) is 105. The highest BCUT2D eigenvalue weighted by Gasteiger charge is 2.56. The lowest BCUT2D eigenvalue weighted by atomic mass is 9.94. The molecule has 18 amide bonds. The van der Waals surface area contributed by atoms with Gasteiger partial charge in [0, 0.05) is 53.6 Å². The number of carboxylic acids is 2. The Morgan fingerprint density at radius 3 is 1.00 bits per heavy atom. The number of hydrogen-bond donors (Lipinski definition) is 31. The van der Waals surface area contributed by atoms with E-state index in [-0.39, 0.29) is 51.6 Å². The number of nitrogens with one attached hydrogen (secondary N) is 15. The van der Waals surface area contributed by atoms with Crippen LogP contribution in [0.25, 0.3) is 0 Å². The molecule has 0 saturated carbocycles. The number of aliphatic hydroxyl groups is 10. The summed E-state index contributed by atoms with van der Waals surface area (Å²) in [5.74, 6) is -20.9. The lowest BCUT2D eigenvalue weighted by Crippen LogP contribution is -2.70. The van der Waals surface area contributed by atoms with Gasteiger partial charge in [0.05, 0.1) is 45.3 Å². The highest BCUT2D eigenvalue weighted by molar-refractivity contribution is 5.97. The van der Waals surface area contributed by atoms with E-state index in [1.54, 1.807) is 0 Å². The molecule has 139 heavy (non-hydrogen) atoms. The van der Waals surface area contributed by atoms with Gasteiger partial charge in [-0.1, -0.05) is 0 Å². The van der Waals surface area contributed by atoms with Crippen molar-refractivity contribution in [3.63, 3.8) is 0 Å². The fourth-order valence-corrected chi connectivity index (χ4v) is 14.5. The minimum Gasteiger partial charge on any atom is -0.480 e. The third-order valence-electron chi connectivity index (χ3n) is 22.2. The van der Waals surface area contributed by atoms with E-state index in [9.17, 15) is 157 Å². The fraction of sp³-hybridized carbons (Fsp3) is 0.750. The predicted molar refractivity (Wildman–Crippen MR) is 463 cm³/mol. The lowest BCUT2D eigenvalue weighted by molar-refractivity contribution is -0.333. The van der Waals surface area contributed by atoms with Crippen LogP contribution in [0.4, 0.5) is 0 Å². The molecule has 4 rings (SSSR count). The third-order valence-corrected chi connectivity index (χ3v) is 22.2. The number of unbranched alkanes of at least 4 members (excludes halogenated alkanes) is 2. The van der Waals surface area contributed by atoms with E-state index >= 15 is 0 Å². The molecule has 788 valence electrons. The molecule has 0 bridgehead atoms. The van der Waals surface area contributed by atoms with E-state index in [0.717, 1.165) is 69.2 Å².